The summed E-state index contributed by atoms with van der Waals surface area (Å²) in [6.07, 6.45) is 1.68. The number of carbonyl (C=O) groups is 1. The third kappa shape index (κ3) is 3.77. The van der Waals surface area contributed by atoms with Gasteiger partial charge in [0.25, 0.3) is 5.91 Å². The number of nitrogens with two attached hydrogens (primary N) is 1. The number of hydrogen-bond donors (Lipinski definition) is 2. The van der Waals surface area contributed by atoms with Crippen LogP contribution in [0.4, 0.5) is 11.6 Å². The molecule has 1 amide bonds. The lowest BCUT2D eigenvalue weighted by molar-refractivity contribution is 0.0832. The second-order valence-corrected chi connectivity index (χ2v) is 9.26. The zero-order valence-corrected chi connectivity index (χ0v) is 17.2. The molecule has 0 spiro atoms. The molecule has 4 aromatic rings. The molecule has 0 aliphatic rings. The summed E-state index contributed by atoms with van der Waals surface area (Å²) in [5.41, 5.74) is 1.20. The van der Waals surface area contributed by atoms with Crippen LogP contribution in [0.2, 0.25) is 0 Å². The van der Waals surface area contributed by atoms with Gasteiger partial charge in [-0.15, -0.1) is 11.3 Å². The number of amides is 1. The van der Waals surface area contributed by atoms with Crippen molar-refractivity contribution < 1.29 is 13.2 Å². The van der Waals surface area contributed by atoms with Crippen LogP contribution < -0.4 is 10.5 Å². The first-order valence-corrected chi connectivity index (χ1v) is 10.9. The van der Waals surface area contributed by atoms with Crippen LogP contribution in [0.3, 0.4) is 0 Å². The number of anilines is 2. The molecule has 0 aliphatic heterocycles. The van der Waals surface area contributed by atoms with E-state index in [1.54, 1.807) is 32.4 Å². The monoisotopic (exact) mass is 427 g/mol. The van der Waals surface area contributed by atoms with Gasteiger partial charge in [0, 0.05) is 41.5 Å². The Morgan fingerprint density at radius 3 is 2.69 bits per heavy atom. The number of carbonyl (C=O) groups excluding carboxylic acids is 1. The molecular weight excluding hydrogens is 410 g/mol. The highest BCUT2D eigenvalue weighted by Crippen LogP contribution is 2.32. The minimum absolute atomic E-state index is 0.00430. The van der Waals surface area contributed by atoms with Crippen molar-refractivity contribution in [2.24, 2.45) is 5.14 Å². The van der Waals surface area contributed by atoms with Crippen molar-refractivity contribution in [2.75, 3.05) is 19.4 Å². The molecule has 0 fully saturated rings. The van der Waals surface area contributed by atoms with Gasteiger partial charge in [0.1, 0.15) is 0 Å². The Morgan fingerprint density at radius 1 is 1.17 bits per heavy atom. The minimum Gasteiger partial charge on any atom is -0.344 e. The van der Waals surface area contributed by atoms with Gasteiger partial charge in [0.05, 0.1) is 15.3 Å². The molecule has 148 valence electrons. The first-order valence-electron chi connectivity index (χ1n) is 8.53. The van der Waals surface area contributed by atoms with Crippen LogP contribution in [0, 0.1) is 0 Å². The van der Waals surface area contributed by atoms with Crippen molar-refractivity contribution >= 4 is 59.9 Å². The molecule has 0 unspecified atom stereocenters. The van der Waals surface area contributed by atoms with E-state index in [0.29, 0.717) is 22.0 Å². The summed E-state index contributed by atoms with van der Waals surface area (Å²) in [5, 5.41) is 9.89. The predicted octanol–water partition coefficient (Wildman–Crippen LogP) is 2.94. The molecule has 0 aliphatic carbocycles. The number of rotatable bonds is 4. The Hall–Kier alpha value is -3.08. The lowest BCUT2D eigenvalue weighted by atomic mass is 10.2. The molecule has 29 heavy (non-hydrogen) atoms. The van der Waals surface area contributed by atoms with Gasteiger partial charge < -0.3 is 10.2 Å². The number of nitrogens with zero attached hydrogens (tertiary/aromatic N) is 3. The van der Waals surface area contributed by atoms with Gasteiger partial charge in [-0.1, -0.05) is 6.07 Å². The average molecular weight is 428 g/mol. The summed E-state index contributed by atoms with van der Waals surface area (Å²) in [6.45, 7) is 0. The summed E-state index contributed by atoms with van der Waals surface area (Å²) >= 11 is 1.41. The Morgan fingerprint density at radius 2 is 1.97 bits per heavy atom. The van der Waals surface area contributed by atoms with Crippen molar-refractivity contribution in [3.8, 4) is 0 Å². The van der Waals surface area contributed by atoms with Gasteiger partial charge >= 0.3 is 0 Å². The number of sulfonamides is 1. The molecule has 3 N–H and O–H groups in total. The molecule has 2 heterocycles. The summed E-state index contributed by atoms with van der Waals surface area (Å²) in [5.74, 6) is 0.245. The van der Waals surface area contributed by atoms with Crippen LogP contribution in [0.1, 0.15) is 9.67 Å². The number of fused-ring (bicyclic) bond motifs is 3. The first-order chi connectivity index (χ1) is 13.7. The smallest absolute Gasteiger partial charge is 0.263 e. The zero-order valence-electron chi connectivity index (χ0n) is 15.6. The van der Waals surface area contributed by atoms with Crippen LogP contribution >= 0.6 is 11.3 Å². The summed E-state index contributed by atoms with van der Waals surface area (Å²) < 4.78 is 24.1. The van der Waals surface area contributed by atoms with Crippen LogP contribution in [0.25, 0.3) is 21.0 Å². The third-order valence-electron chi connectivity index (χ3n) is 4.28. The maximum atomic E-state index is 12.3. The molecule has 0 bridgehead atoms. The fourth-order valence-electron chi connectivity index (χ4n) is 2.87. The number of thiophene rings is 1. The molecular formula is C19H17N5O3S2. The van der Waals surface area contributed by atoms with Crippen molar-refractivity contribution in [1.29, 1.82) is 0 Å². The van der Waals surface area contributed by atoms with Crippen molar-refractivity contribution in [3.05, 3.63) is 53.5 Å². The number of nitrogens with one attached hydrogen (secondary N) is 1. The molecule has 8 nitrogen and oxygen atoms in total. The number of aromatic nitrogens is 2. The standard InChI is InChI=1S/C19H17N5O3S2/c1-24(2)18(25)16-9-14-15(28-16)7-6-11-10-21-19(23-17(11)14)22-12-4-3-5-13(8-12)29(20,26)27/h3-10H,1-2H3,(H2,20,26,27)(H,21,22,23). The van der Waals surface area contributed by atoms with Crippen LogP contribution in [0.15, 0.2) is 53.6 Å². The highest BCUT2D eigenvalue weighted by Gasteiger charge is 2.15. The number of primary sulfonamides is 1. The Labute approximate surface area is 171 Å². The van der Waals surface area contributed by atoms with E-state index in [2.05, 4.69) is 15.3 Å². The second kappa shape index (κ2) is 7.07. The van der Waals surface area contributed by atoms with E-state index >= 15 is 0 Å². The number of benzene rings is 2. The third-order valence-corrected chi connectivity index (χ3v) is 6.28. The summed E-state index contributed by atoms with van der Waals surface area (Å²) in [6, 6.07) is 11.8. The molecule has 0 atom stereocenters. The van der Waals surface area contributed by atoms with Crippen molar-refractivity contribution in [1.82, 2.24) is 14.9 Å². The van der Waals surface area contributed by atoms with Crippen LogP contribution in [-0.2, 0) is 10.0 Å². The quantitative estimate of drug-likeness (QED) is 0.517. The number of hydrogen-bond acceptors (Lipinski definition) is 7. The molecule has 2 aromatic heterocycles. The summed E-state index contributed by atoms with van der Waals surface area (Å²) in [7, 11) is -0.383. The normalized spacial score (nSPS) is 11.7. The van der Waals surface area contributed by atoms with E-state index in [-0.39, 0.29) is 10.8 Å². The molecule has 0 saturated carbocycles. The van der Waals surface area contributed by atoms with Gasteiger partial charge in [-0.05, 0) is 36.4 Å². The topological polar surface area (TPSA) is 118 Å². The van der Waals surface area contributed by atoms with E-state index in [4.69, 9.17) is 5.14 Å². The Kier molecular flexibility index (Phi) is 4.69. The van der Waals surface area contributed by atoms with E-state index in [9.17, 15) is 13.2 Å². The van der Waals surface area contributed by atoms with Gasteiger partial charge in [-0.3, -0.25) is 4.79 Å². The minimum atomic E-state index is -3.81. The van der Waals surface area contributed by atoms with E-state index < -0.39 is 10.0 Å². The lowest BCUT2D eigenvalue weighted by Gasteiger charge is -2.07. The SMILES string of the molecule is CN(C)C(=O)c1cc2c(ccc3cnc(Nc4cccc(S(N)(=O)=O)c4)nc32)s1. The van der Waals surface area contributed by atoms with Gasteiger partial charge in [-0.25, -0.2) is 23.5 Å². The van der Waals surface area contributed by atoms with Crippen LogP contribution in [0.5, 0.6) is 0 Å². The van der Waals surface area contributed by atoms with E-state index in [1.807, 2.05) is 18.2 Å². The van der Waals surface area contributed by atoms with Crippen LogP contribution in [-0.4, -0.2) is 43.3 Å². The fraction of sp³-hybridized carbons (Fsp3) is 0.105. The fourth-order valence-corrected chi connectivity index (χ4v) is 4.52. The highest BCUT2D eigenvalue weighted by atomic mass is 32.2. The van der Waals surface area contributed by atoms with Gasteiger partial charge in [-0.2, -0.15) is 0 Å². The molecule has 2 aromatic carbocycles. The second-order valence-electron chi connectivity index (χ2n) is 6.62. The summed E-state index contributed by atoms with van der Waals surface area (Å²) in [4.78, 5) is 23.3. The largest absolute Gasteiger partial charge is 0.344 e. The van der Waals surface area contributed by atoms with E-state index in [1.165, 1.54) is 28.4 Å². The zero-order chi connectivity index (χ0) is 20.8. The Bertz CT molecular complexity index is 1360. The molecule has 0 saturated heterocycles. The van der Waals surface area contributed by atoms with Gasteiger partial charge in [0.15, 0.2) is 0 Å². The average Bonchev–Trinajstić information content (AvgIpc) is 3.11. The predicted molar refractivity (Wildman–Crippen MR) is 114 cm³/mol. The molecule has 10 heteroatoms. The maximum absolute atomic E-state index is 12.3. The van der Waals surface area contributed by atoms with Gasteiger partial charge in [0.2, 0.25) is 16.0 Å². The molecule has 0 radical (unpaired) electrons. The molecule has 4 rings (SSSR count). The highest BCUT2D eigenvalue weighted by molar-refractivity contribution is 7.89. The first kappa shape index (κ1) is 19.2. The lowest BCUT2D eigenvalue weighted by Crippen LogP contribution is -2.20. The van der Waals surface area contributed by atoms with Crippen molar-refractivity contribution in [2.45, 2.75) is 4.90 Å². The maximum Gasteiger partial charge on any atom is 0.263 e. The van der Waals surface area contributed by atoms with E-state index in [0.717, 1.165) is 15.5 Å². The Balaban J connectivity index is 1.77. The van der Waals surface area contributed by atoms with Crippen molar-refractivity contribution in [3.63, 3.8) is 0 Å².